The molecule has 1 aliphatic carbocycles. The summed E-state index contributed by atoms with van der Waals surface area (Å²) in [6, 6.07) is 5.99. The zero-order chi connectivity index (χ0) is 11.8. The minimum atomic E-state index is -0.305. The van der Waals surface area contributed by atoms with E-state index in [1.54, 1.807) is 0 Å². The quantitative estimate of drug-likeness (QED) is 0.877. The molecule has 0 aliphatic heterocycles. The number of aromatic amines is 1. The van der Waals surface area contributed by atoms with Crippen molar-refractivity contribution in [3.05, 3.63) is 39.8 Å². The average molecular weight is 295 g/mol. The Morgan fingerprint density at radius 2 is 2.29 bits per heavy atom. The van der Waals surface area contributed by atoms with Gasteiger partial charge in [0.25, 0.3) is 0 Å². The summed E-state index contributed by atoms with van der Waals surface area (Å²) in [6.45, 7) is 0. The van der Waals surface area contributed by atoms with E-state index in [4.69, 9.17) is 0 Å². The highest BCUT2D eigenvalue weighted by molar-refractivity contribution is 9.08. The van der Waals surface area contributed by atoms with Crippen LogP contribution >= 0.6 is 15.9 Å². The number of aromatic nitrogens is 4. The van der Waals surface area contributed by atoms with E-state index in [1.165, 1.54) is 23.1 Å². The molecule has 5 nitrogen and oxygen atoms in total. The molecule has 88 valence electrons. The molecule has 0 radical (unpaired) electrons. The molecule has 0 saturated heterocycles. The molecule has 2 aromatic rings. The Labute approximate surface area is 106 Å². The van der Waals surface area contributed by atoms with Gasteiger partial charge in [-0.1, -0.05) is 28.1 Å². The fraction of sp³-hybridized carbons (Fsp3) is 0.364. The predicted molar refractivity (Wildman–Crippen MR) is 66.6 cm³/mol. The maximum absolute atomic E-state index is 11.6. The number of hydrogen-bond acceptors (Lipinski definition) is 3. The number of rotatable bonds is 3. The first-order chi connectivity index (χ1) is 8.31. The van der Waals surface area contributed by atoms with Crippen LogP contribution in [-0.4, -0.2) is 20.2 Å². The van der Waals surface area contributed by atoms with Crippen molar-refractivity contribution in [1.29, 1.82) is 0 Å². The number of benzene rings is 1. The van der Waals surface area contributed by atoms with Crippen molar-refractivity contribution in [2.45, 2.75) is 24.1 Å². The molecule has 0 amide bonds. The van der Waals surface area contributed by atoms with Crippen molar-refractivity contribution in [1.82, 2.24) is 20.2 Å². The van der Waals surface area contributed by atoms with Gasteiger partial charge in [0.05, 0.1) is 5.69 Å². The number of nitrogens with one attached hydrogen (secondary N) is 1. The summed E-state index contributed by atoms with van der Waals surface area (Å²) in [5.41, 5.74) is 2.95. The highest BCUT2D eigenvalue weighted by Gasteiger charge is 2.27. The van der Waals surface area contributed by atoms with Crippen molar-refractivity contribution in [3.63, 3.8) is 0 Å². The number of alkyl halides is 1. The molecule has 1 aliphatic rings. The Morgan fingerprint density at radius 1 is 1.47 bits per heavy atom. The number of halogens is 1. The zero-order valence-electron chi connectivity index (χ0n) is 9.06. The molecule has 6 heteroatoms. The molecule has 0 spiro atoms. The van der Waals surface area contributed by atoms with Gasteiger partial charge in [-0.15, -0.1) is 0 Å². The van der Waals surface area contributed by atoms with Crippen LogP contribution in [0, 0.1) is 0 Å². The number of hydrogen-bond donors (Lipinski definition) is 1. The van der Waals surface area contributed by atoms with Gasteiger partial charge in [0, 0.05) is 5.33 Å². The van der Waals surface area contributed by atoms with Crippen molar-refractivity contribution >= 4 is 15.9 Å². The van der Waals surface area contributed by atoms with Gasteiger partial charge in [-0.2, -0.15) is 4.68 Å². The molecule has 17 heavy (non-hydrogen) atoms. The molecule has 1 heterocycles. The maximum atomic E-state index is 11.6. The van der Waals surface area contributed by atoms with Gasteiger partial charge < -0.3 is 0 Å². The van der Waals surface area contributed by atoms with Crippen LogP contribution in [0.2, 0.25) is 0 Å². The molecule has 1 aromatic carbocycles. The molecular weight excluding hydrogens is 284 g/mol. The van der Waals surface area contributed by atoms with Crippen LogP contribution in [0.3, 0.4) is 0 Å². The van der Waals surface area contributed by atoms with Gasteiger partial charge in [0.15, 0.2) is 0 Å². The van der Waals surface area contributed by atoms with E-state index < -0.39 is 0 Å². The Kier molecular flexibility index (Phi) is 2.58. The molecule has 3 rings (SSSR count). The van der Waals surface area contributed by atoms with Gasteiger partial charge in [-0.25, -0.2) is 9.89 Å². The van der Waals surface area contributed by atoms with Crippen LogP contribution < -0.4 is 5.69 Å². The van der Waals surface area contributed by atoms with E-state index in [9.17, 15) is 4.79 Å². The summed E-state index contributed by atoms with van der Waals surface area (Å²) in [5, 5.41) is 10.3. The van der Waals surface area contributed by atoms with Crippen molar-refractivity contribution < 1.29 is 0 Å². The van der Waals surface area contributed by atoms with Gasteiger partial charge >= 0.3 is 5.69 Å². The lowest BCUT2D eigenvalue weighted by Crippen LogP contribution is -2.17. The van der Waals surface area contributed by atoms with Crippen LogP contribution in [-0.2, 0) is 5.33 Å². The lowest BCUT2D eigenvalue weighted by Gasteiger charge is -2.10. The maximum Gasteiger partial charge on any atom is 0.365 e. The van der Waals surface area contributed by atoms with Crippen molar-refractivity contribution in [2.75, 3.05) is 0 Å². The Balaban J connectivity index is 2.19. The highest BCUT2D eigenvalue weighted by atomic mass is 79.9. The SMILES string of the molecule is O=c1[nH]nnn1-c1cccc(C2CC2)c1CBr. The third-order valence-electron chi connectivity index (χ3n) is 3.04. The van der Waals surface area contributed by atoms with Gasteiger partial charge in [-0.3, -0.25) is 0 Å². The average Bonchev–Trinajstić information content (AvgIpc) is 3.11. The summed E-state index contributed by atoms with van der Waals surface area (Å²) in [5.74, 6) is 0.644. The Hall–Kier alpha value is -1.43. The third kappa shape index (κ3) is 1.82. The van der Waals surface area contributed by atoms with Crippen molar-refractivity contribution in [2.24, 2.45) is 0 Å². The van der Waals surface area contributed by atoms with Gasteiger partial charge in [0.1, 0.15) is 0 Å². The number of tetrazole rings is 1. The number of H-pyrrole nitrogens is 1. The lowest BCUT2D eigenvalue weighted by molar-refractivity contribution is 0.773. The summed E-state index contributed by atoms with van der Waals surface area (Å²) >= 11 is 3.49. The molecular formula is C11H11BrN4O. The van der Waals surface area contributed by atoms with E-state index in [-0.39, 0.29) is 5.69 Å². The fourth-order valence-electron chi connectivity index (χ4n) is 2.07. The summed E-state index contributed by atoms with van der Waals surface area (Å²) in [6.07, 6.45) is 2.47. The van der Waals surface area contributed by atoms with E-state index in [2.05, 4.69) is 37.5 Å². The topological polar surface area (TPSA) is 63.6 Å². The third-order valence-corrected chi connectivity index (χ3v) is 3.60. The summed E-state index contributed by atoms with van der Waals surface area (Å²) in [7, 11) is 0. The minimum absolute atomic E-state index is 0.305. The molecule has 1 saturated carbocycles. The van der Waals surface area contributed by atoms with E-state index in [0.29, 0.717) is 11.2 Å². The largest absolute Gasteiger partial charge is 0.365 e. The first-order valence-corrected chi connectivity index (χ1v) is 6.62. The highest BCUT2D eigenvalue weighted by Crippen LogP contribution is 2.43. The number of nitrogens with zero attached hydrogens (tertiary/aromatic N) is 3. The van der Waals surface area contributed by atoms with E-state index in [1.807, 2.05) is 12.1 Å². The van der Waals surface area contributed by atoms with Gasteiger partial charge in [-0.05, 0) is 46.4 Å². The standard InChI is InChI=1S/C11H11BrN4O/c12-6-9-8(7-4-5-7)2-1-3-10(9)16-11(17)13-14-15-16/h1-3,7H,4-6H2,(H,13,15,17). The first-order valence-electron chi connectivity index (χ1n) is 5.49. The second-order valence-electron chi connectivity index (χ2n) is 4.17. The van der Waals surface area contributed by atoms with Crippen LogP contribution in [0.15, 0.2) is 23.0 Å². The van der Waals surface area contributed by atoms with Gasteiger partial charge in [0.2, 0.25) is 0 Å². The summed E-state index contributed by atoms with van der Waals surface area (Å²) < 4.78 is 1.31. The first kappa shape index (κ1) is 10.7. The minimum Gasteiger partial charge on any atom is -0.244 e. The molecule has 0 bridgehead atoms. The fourth-order valence-corrected chi connectivity index (χ4v) is 2.68. The van der Waals surface area contributed by atoms with Crippen LogP contribution in [0.1, 0.15) is 29.9 Å². The van der Waals surface area contributed by atoms with Crippen LogP contribution in [0.5, 0.6) is 0 Å². The second kappa shape index (κ2) is 4.10. The Bertz CT molecular complexity index is 600. The molecule has 1 aromatic heterocycles. The monoisotopic (exact) mass is 294 g/mol. The lowest BCUT2D eigenvalue weighted by atomic mass is 10.0. The normalized spacial score (nSPS) is 15.1. The molecule has 1 N–H and O–H groups in total. The summed E-state index contributed by atoms with van der Waals surface area (Å²) in [4.78, 5) is 11.6. The van der Waals surface area contributed by atoms with Crippen LogP contribution in [0.25, 0.3) is 5.69 Å². The Morgan fingerprint density at radius 3 is 2.88 bits per heavy atom. The van der Waals surface area contributed by atoms with E-state index in [0.717, 1.165) is 11.3 Å². The smallest absolute Gasteiger partial charge is 0.244 e. The van der Waals surface area contributed by atoms with E-state index >= 15 is 0 Å². The molecule has 0 atom stereocenters. The van der Waals surface area contributed by atoms with Crippen molar-refractivity contribution in [3.8, 4) is 5.69 Å². The molecule has 0 unspecified atom stereocenters. The molecule has 1 fully saturated rings. The van der Waals surface area contributed by atoms with Crippen LogP contribution in [0.4, 0.5) is 0 Å². The zero-order valence-corrected chi connectivity index (χ0v) is 10.6. The second-order valence-corrected chi connectivity index (χ2v) is 4.73. The predicted octanol–water partition coefficient (Wildman–Crippen LogP) is 1.73.